The minimum absolute atomic E-state index is 0.0432. The van der Waals surface area contributed by atoms with Crippen LogP contribution in [0.15, 0.2) is 0 Å². The number of carbonyl (C=O) groups excluding carboxylic acids is 1. The van der Waals surface area contributed by atoms with Gasteiger partial charge in [-0.15, -0.1) is 0 Å². The Morgan fingerprint density at radius 2 is 1.14 bits per heavy atom. The molecule has 0 aromatic rings. The number of rotatable bonds is 0. The normalized spacial score (nSPS) is 27.9. The van der Waals surface area contributed by atoms with Crippen molar-refractivity contribution in [1.29, 1.82) is 0 Å². The van der Waals surface area contributed by atoms with Gasteiger partial charge in [0.25, 0.3) is 0 Å². The molecule has 2 atom stereocenters. The summed E-state index contributed by atoms with van der Waals surface area (Å²) in [6, 6.07) is -0.706. The second kappa shape index (κ2) is 6.16. The van der Waals surface area contributed by atoms with Crippen molar-refractivity contribution in [3.05, 3.63) is 0 Å². The Bertz CT molecular complexity index is 372. The first-order valence-corrected chi connectivity index (χ1v) is 7.26. The van der Waals surface area contributed by atoms with E-state index in [-0.39, 0.29) is 38.8 Å². The molecule has 2 rings (SSSR count). The molecular formula is C13H18F6N2O. The van der Waals surface area contributed by atoms with Crippen molar-refractivity contribution in [2.75, 3.05) is 26.2 Å². The van der Waals surface area contributed by atoms with Crippen LogP contribution in [0.2, 0.25) is 0 Å². The van der Waals surface area contributed by atoms with Crippen LogP contribution in [0.25, 0.3) is 0 Å². The summed E-state index contributed by atoms with van der Waals surface area (Å²) in [5, 5.41) is 0. The molecular weight excluding hydrogens is 314 g/mol. The number of hydrogen-bond acceptors (Lipinski definition) is 1. The molecule has 0 saturated carbocycles. The summed E-state index contributed by atoms with van der Waals surface area (Å²) in [6.07, 6.45) is -8.42. The fourth-order valence-electron chi connectivity index (χ4n) is 3.04. The Balaban J connectivity index is 1.98. The Hall–Kier alpha value is -1.15. The van der Waals surface area contributed by atoms with E-state index in [1.54, 1.807) is 0 Å². The maximum atomic E-state index is 12.7. The number of nitrogens with zero attached hydrogens (tertiary/aromatic N) is 2. The molecule has 9 heteroatoms. The molecule has 2 fully saturated rings. The number of carbonyl (C=O) groups is 1. The van der Waals surface area contributed by atoms with Crippen LogP contribution in [0.3, 0.4) is 0 Å². The average Bonchev–Trinajstić information content (AvgIpc) is 2.45. The third-order valence-electron chi connectivity index (χ3n) is 4.31. The second-order valence-electron chi connectivity index (χ2n) is 5.94. The van der Waals surface area contributed by atoms with E-state index >= 15 is 0 Å². The van der Waals surface area contributed by atoms with Gasteiger partial charge in [0.2, 0.25) is 0 Å². The van der Waals surface area contributed by atoms with E-state index < -0.39 is 43.3 Å². The van der Waals surface area contributed by atoms with Gasteiger partial charge in [-0.25, -0.2) is 4.79 Å². The van der Waals surface area contributed by atoms with E-state index in [2.05, 4.69) is 0 Å². The predicted molar refractivity (Wildman–Crippen MR) is 66.1 cm³/mol. The van der Waals surface area contributed by atoms with E-state index in [9.17, 15) is 31.1 Å². The third-order valence-corrected chi connectivity index (χ3v) is 4.31. The molecule has 2 saturated heterocycles. The molecule has 0 radical (unpaired) electrons. The van der Waals surface area contributed by atoms with Crippen LogP contribution in [-0.4, -0.2) is 54.4 Å². The first kappa shape index (κ1) is 17.2. The maximum absolute atomic E-state index is 12.7. The second-order valence-corrected chi connectivity index (χ2v) is 5.94. The molecule has 0 N–H and O–H groups in total. The number of amides is 2. The van der Waals surface area contributed by atoms with Gasteiger partial charge in [-0.1, -0.05) is 0 Å². The molecule has 0 spiro atoms. The number of halogens is 6. The molecule has 0 aromatic carbocycles. The maximum Gasteiger partial charge on any atom is 0.393 e. The van der Waals surface area contributed by atoms with Gasteiger partial charge in [-0.2, -0.15) is 26.3 Å². The Labute approximate surface area is 124 Å². The monoisotopic (exact) mass is 332 g/mol. The van der Waals surface area contributed by atoms with E-state index in [4.69, 9.17) is 0 Å². The number of hydrogen-bond donors (Lipinski definition) is 0. The largest absolute Gasteiger partial charge is 0.393 e. The summed E-state index contributed by atoms with van der Waals surface area (Å²) in [4.78, 5) is 14.3. The highest BCUT2D eigenvalue weighted by molar-refractivity contribution is 5.74. The van der Waals surface area contributed by atoms with Gasteiger partial charge in [0.05, 0.1) is 11.8 Å². The third kappa shape index (κ3) is 3.98. The Morgan fingerprint density at radius 1 is 0.773 bits per heavy atom. The van der Waals surface area contributed by atoms with Crippen molar-refractivity contribution >= 4 is 6.03 Å². The molecule has 2 heterocycles. The van der Waals surface area contributed by atoms with Crippen LogP contribution in [0.4, 0.5) is 31.1 Å². The highest BCUT2D eigenvalue weighted by atomic mass is 19.4. The van der Waals surface area contributed by atoms with Gasteiger partial charge < -0.3 is 9.80 Å². The Morgan fingerprint density at radius 3 is 1.45 bits per heavy atom. The summed E-state index contributed by atoms with van der Waals surface area (Å²) < 4.78 is 76.4. The smallest absolute Gasteiger partial charge is 0.324 e. The van der Waals surface area contributed by atoms with Crippen molar-refractivity contribution in [3.8, 4) is 0 Å². The summed E-state index contributed by atoms with van der Waals surface area (Å²) in [6.45, 7) is -0.595. The molecule has 2 aliphatic heterocycles. The molecule has 3 nitrogen and oxygen atoms in total. The SMILES string of the molecule is O=C(N1CCCC(C(F)(F)F)C1)N1CCCC(C(F)(F)F)C1. The van der Waals surface area contributed by atoms with Crippen molar-refractivity contribution in [3.63, 3.8) is 0 Å². The zero-order chi connectivity index (χ0) is 16.5. The van der Waals surface area contributed by atoms with Crippen LogP contribution in [0.1, 0.15) is 25.7 Å². The van der Waals surface area contributed by atoms with Gasteiger partial charge in [-0.05, 0) is 25.7 Å². The first-order chi connectivity index (χ1) is 10.1. The number of piperidine rings is 2. The topological polar surface area (TPSA) is 23.6 Å². The Kier molecular flexibility index (Phi) is 4.81. The minimum Gasteiger partial charge on any atom is -0.324 e. The molecule has 0 aliphatic carbocycles. The van der Waals surface area contributed by atoms with Gasteiger partial charge in [0.15, 0.2) is 0 Å². The van der Waals surface area contributed by atoms with Crippen molar-refractivity contribution < 1.29 is 31.1 Å². The lowest BCUT2D eigenvalue weighted by Gasteiger charge is -2.40. The molecule has 22 heavy (non-hydrogen) atoms. The molecule has 0 bridgehead atoms. The number of alkyl halides is 6. The highest BCUT2D eigenvalue weighted by Gasteiger charge is 2.45. The lowest BCUT2D eigenvalue weighted by molar-refractivity contribution is -0.187. The lowest BCUT2D eigenvalue weighted by Crippen LogP contribution is -2.53. The fourth-order valence-corrected chi connectivity index (χ4v) is 3.04. The van der Waals surface area contributed by atoms with Gasteiger partial charge in [0, 0.05) is 26.2 Å². The van der Waals surface area contributed by atoms with E-state index in [1.165, 1.54) is 0 Å². The number of likely N-dealkylation sites (tertiary alicyclic amines) is 2. The lowest BCUT2D eigenvalue weighted by atomic mass is 9.96. The summed E-state index contributed by atoms with van der Waals surface area (Å²) in [5.74, 6) is -3.18. The summed E-state index contributed by atoms with van der Waals surface area (Å²) in [7, 11) is 0. The minimum atomic E-state index is -4.38. The summed E-state index contributed by atoms with van der Waals surface area (Å²) in [5.41, 5.74) is 0. The van der Waals surface area contributed by atoms with E-state index in [1.807, 2.05) is 0 Å². The molecule has 2 unspecified atom stereocenters. The zero-order valence-corrected chi connectivity index (χ0v) is 11.9. The van der Waals surface area contributed by atoms with Gasteiger partial charge >= 0.3 is 18.4 Å². The quantitative estimate of drug-likeness (QED) is 0.621. The molecule has 0 aromatic heterocycles. The van der Waals surface area contributed by atoms with Crippen LogP contribution in [-0.2, 0) is 0 Å². The average molecular weight is 332 g/mol. The van der Waals surface area contributed by atoms with E-state index in [0.717, 1.165) is 9.80 Å². The van der Waals surface area contributed by atoms with Crippen molar-refractivity contribution in [1.82, 2.24) is 9.80 Å². The zero-order valence-electron chi connectivity index (χ0n) is 11.9. The molecule has 2 amide bonds. The van der Waals surface area contributed by atoms with Gasteiger partial charge in [-0.3, -0.25) is 0 Å². The van der Waals surface area contributed by atoms with Crippen molar-refractivity contribution in [2.24, 2.45) is 11.8 Å². The molecule has 2 aliphatic rings. The fraction of sp³-hybridized carbons (Fsp3) is 0.923. The van der Waals surface area contributed by atoms with Crippen LogP contribution >= 0.6 is 0 Å². The van der Waals surface area contributed by atoms with Crippen LogP contribution in [0.5, 0.6) is 0 Å². The standard InChI is InChI=1S/C13H18F6N2O/c14-12(15,16)9-3-1-5-20(7-9)11(22)21-6-2-4-10(8-21)13(17,18)19/h9-10H,1-8H2. The highest BCUT2D eigenvalue weighted by Crippen LogP contribution is 2.35. The van der Waals surface area contributed by atoms with E-state index in [0.29, 0.717) is 0 Å². The van der Waals surface area contributed by atoms with Crippen LogP contribution < -0.4 is 0 Å². The molecule has 128 valence electrons. The summed E-state index contributed by atoms with van der Waals surface area (Å²) >= 11 is 0. The van der Waals surface area contributed by atoms with Gasteiger partial charge in [0.1, 0.15) is 0 Å². The van der Waals surface area contributed by atoms with Crippen LogP contribution in [0, 0.1) is 11.8 Å². The number of urea groups is 1. The van der Waals surface area contributed by atoms with Crippen molar-refractivity contribution in [2.45, 2.75) is 38.0 Å². The first-order valence-electron chi connectivity index (χ1n) is 7.26. The predicted octanol–water partition coefficient (Wildman–Crippen LogP) is 3.66.